The highest BCUT2D eigenvalue weighted by atomic mass is 35.5. The Morgan fingerprint density at radius 2 is 1.96 bits per heavy atom. The summed E-state index contributed by atoms with van der Waals surface area (Å²) in [5, 5.41) is 1.30. The van der Waals surface area contributed by atoms with Gasteiger partial charge in [-0.15, -0.1) is 0 Å². The van der Waals surface area contributed by atoms with E-state index in [0.717, 1.165) is 34.1 Å². The molecule has 0 aliphatic rings. The molecule has 3 heterocycles. The number of carbonyl (C=O) groups excluding carboxylic acids is 1. The van der Waals surface area contributed by atoms with Crippen molar-refractivity contribution < 1.29 is 4.79 Å². The fourth-order valence-corrected chi connectivity index (χ4v) is 2.52. The van der Waals surface area contributed by atoms with Crippen LogP contribution >= 0.6 is 11.6 Å². The van der Waals surface area contributed by atoms with Crippen LogP contribution in [0.15, 0.2) is 30.7 Å². The third-order valence-electron chi connectivity index (χ3n) is 3.55. The van der Waals surface area contributed by atoms with Crippen LogP contribution in [0, 0.1) is 6.92 Å². The molecule has 0 fully saturated rings. The van der Waals surface area contributed by atoms with E-state index in [-0.39, 0.29) is 11.6 Å². The zero-order chi connectivity index (χ0) is 16.4. The second-order valence-corrected chi connectivity index (χ2v) is 5.68. The summed E-state index contributed by atoms with van der Waals surface area (Å²) in [6, 6.07) is 3.68. The summed E-state index contributed by atoms with van der Waals surface area (Å²) < 4.78 is 0. The minimum Gasteiger partial charge on any atom is -0.291 e. The third-order valence-corrected chi connectivity index (χ3v) is 3.76. The Labute approximate surface area is 138 Å². The average Bonchev–Trinajstić information content (AvgIpc) is 2.54. The highest BCUT2D eigenvalue weighted by molar-refractivity contribution is 6.30. The number of carbonyl (C=O) groups is 1. The molecule has 0 N–H and O–H groups in total. The van der Waals surface area contributed by atoms with E-state index in [0.29, 0.717) is 11.6 Å². The van der Waals surface area contributed by atoms with Crippen LogP contribution in [0.5, 0.6) is 0 Å². The Bertz CT molecular complexity index is 895. The molecule has 0 saturated heterocycles. The predicted molar refractivity (Wildman–Crippen MR) is 89.5 cm³/mol. The molecule has 0 aromatic carbocycles. The molecule has 0 bridgehead atoms. The Morgan fingerprint density at radius 1 is 1.13 bits per heavy atom. The van der Waals surface area contributed by atoms with Gasteiger partial charge in [0.15, 0.2) is 11.6 Å². The number of halogens is 1. The van der Waals surface area contributed by atoms with Crippen molar-refractivity contribution in [3.8, 4) is 11.1 Å². The summed E-state index contributed by atoms with van der Waals surface area (Å²) in [7, 11) is 0. The van der Waals surface area contributed by atoms with Crippen LogP contribution in [0.25, 0.3) is 22.0 Å². The molecule has 0 saturated carbocycles. The Morgan fingerprint density at radius 3 is 2.70 bits per heavy atom. The van der Waals surface area contributed by atoms with Crippen molar-refractivity contribution in [2.75, 3.05) is 0 Å². The first kappa shape index (κ1) is 15.5. The Balaban J connectivity index is 2.01. The highest BCUT2D eigenvalue weighted by Crippen LogP contribution is 2.25. The van der Waals surface area contributed by atoms with E-state index in [2.05, 4.69) is 19.9 Å². The lowest BCUT2D eigenvalue weighted by molar-refractivity contribution is 0.0971. The van der Waals surface area contributed by atoms with Gasteiger partial charge >= 0.3 is 0 Å². The summed E-state index contributed by atoms with van der Waals surface area (Å²) in [6.45, 7) is 3.82. The van der Waals surface area contributed by atoms with Gasteiger partial charge in [-0.1, -0.05) is 18.5 Å². The summed E-state index contributed by atoms with van der Waals surface area (Å²) in [4.78, 5) is 28.9. The Kier molecular flexibility index (Phi) is 4.30. The average molecular weight is 327 g/mol. The molecule has 6 heteroatoms. The topological polar surface area (TPSA) is 68.6 Å². The van der Waals surface area contributed by atoms with Gasteiger partial charge in [-0.25, -0.2) is 15.0 Å². The molecular weight excluding hydrogens is 312 g/mol. The molecule has 0 spiro atoms. The largest absolute Gasteiger partial charge is 0.291 e. The van der Waals surface area contributed by atoms with Crippen molar-refractivity contribution in [3.63, 3.8) is 0 Å². The van der Waals surface area contributed by atoms with Crippen LogP contribution in [0.2, 0.25) is 5.15 Å². The van der Waals surface area contributed by atoms with Gasteiger partial charge in [0.1, 0.15) is 5.15 Å². The fourth-order valence-electron chi connectivity index (χ4n) is 2.37. The minimum absolute atomic E-state index is 0.0300. The number of hydrogen-bond donors (Lipinski definition) is 0. The lowest BCUT2D eigenvalue weighted by Gasteiger charge is -2.07. The fraction of sp³-hybridized carbons (Fsp3) is 0.235. The number of hydrogen-bond acceptors (Lipinski definition) is 5. The van der Waals surface area contributed by atoms with Crippen LogP contribution in [-0.4, -0.2) is 25.7 Å². The van der Waals surface area contributed by atoms with Crippen LogP contribution in [0.4, 0.5) is 0 Å². The van der Waals surface area contributed by atoms with Crippen LogP contribution in [-0.2, 0) is 0 Å². The summed E-state index contributed by atoms with van der Waals surface area (Å²) >= 11 is 5.87. The predicted octanol–water partition coefficient (Wildman–Crippen LogP) is 4.03. The van der Waals surface area contributed by atoms with E-state index in [9.17, 15) is 4.79 Å². The number of rotatable bonds is 4. The van der Waals surface area contributed by atoms with E-state index < -0.39 is 0 Å². The van der Waals surface area contributed by atoms with E-state index in [1.54, 1.807) is 24.7 Å². The second kappa shape index (κ2) is 6.38. The maximum Gasteiger partial charge on any atom is 0.200 e. The summed E-state index contributed by atoms with van der Waals surface area (Å²) in [5.41, 5.74) is 3.26. The van der Waals surface area contributed by atoms with Gasteiger partial charge in [0.05, 0.1) is 5.52 Å². The molecule has 0 aliphatic carbocycles. The van der Waals surface area contributed by atoms with Crippen LogP contribution in [0.1, 0.15) is 36.1 Å². The zero-order valence-electron chi connectivity index (χ0n) is 12.9. The Hall–Kier alpha value is -2.40. The van der Waals surface area contributed by atoms with Gasteiger partial charge in [0.25, 0.3) is 0 Å². The van der Waals surface area contributed by atoms with Crippen molar-refractivity contribution in [3.05, 3.63) is 47.4 Å². The van der Waals surface area contributed by atoms with Crippen molar-refractivity contribution in [1.29, 1.82) is 0 Å². The van der Waals surface area contributed by atoms with Gasteiger partial charge in [0.2, 0.25) is 0 Å². The number of nitrogens with zero attached hydrogens (tertiary/aromatic N) is 4. The number of fused-ring (bicyclic) bond motifs is 1. The molecule has 0 amide bonds. The first-order chi connectivity index (χ1) is 11.1. The lowest BCUT2D eigenvalue weighted by atomic mass is 10.1. The SMILES string of the molecule is CCCC(=O)c1ncc(-c2cnc3cc(Cl)ncc3c2)c(C)n1. The van der Waals surface area contributed by atoms with Gasteiger partial charge in [-0.05, 0) is 19.4 Å². The van der Waals surface area contributed by atoms with Crippen LogP contribution in [0.3, 0.4) is 0 Å². The van der Waals surface area contributed by atoms with E-state index in [4.69, 9.17) is 11.6 Å². The van der Waals surface area contributed by atoms with E-state index >= 15 is 0 Å². The number of ketones is 1. The molecule has 3 aromatic rings. The van der Waals surface area contributed by atoms with Gasteiger partial charge in [-0.2, -0.15) is 0 Å². The van der Waals surface area contributed by atoms with Crippen molar-refractivity contribution in [2.45, 2.75) is 26.7 Å². The molecular formula is C17H15ClN4O. The van der Waals surface area contributed by atoms with Gasteiger partial charge < -0.3 is 0 Å². The maximum atomic E-state index is 11.9. The lowest BCUT2D eigenvalue weighted by Crippen LogP contribution is -2.06. The molecule has 3 rings (SSSR count). The summed E-state index contributed by atoms with van der Waals surface area (Å²) in [5.74, 6) is 0.243. The van der Waals surface area contributed by atoms with Gasteiger partial charge in [-0.3, -0.25) is 9.78 Å². The smallest absolute Gasteiger partial charge is 0.200 e. The number of aromatic nitrogens is 4. The molecule has 0 unspecified atom stereocenters. The van der Waals surface area contributed by atoms with Crippen molar-refractivity contribution >= 4 is 28.3 Å². The molecule has 0 aliphatic heterocycles. The molecule has 3 aromatic heterocycles. The zero-order valence-corrected chi connectivity index (χ0v) is 13.6. The molecule has 23 heavy (non-hydrogen) atoms. The number of Topliss-reactive ketones (excluding diaryl/α,β-unsaturated/α-hetero) is 1. The number of pyridine rings is 2. The quantitative estimate of drug-likeness (QED) is 0.534. The van der Waals surface area contributed by atoms with Crippen LogP contribution < -0.4 is 0 Å². The monoisotopic (exact) mass is 326 g/mol. The molecule has 116 valence electrons. The highest BCUT2D eigenvalue weighted by Gasteiger charge is 2.12. The first-order valence-electron chi connectivity index (χ1n) is 7.37. The second-order valence-electron chi connectivity index (χ2n) is 5.29. The maximum absolute atomic E-state index is 11.9. The molecule has 0 atom stereocenters. The van der Waals surface area contributed by atoms with Gasteiger partial charge in [0, 0.05) is 53.3 Å². The van der Waals surface area contributed by atoms with E-state index in [1.807, 2.05) is 19.9 Å². The van der Waals surface area contributed by atoms with E-state index in [1.165, 1.54) is 0 Å². The van der Waals surface area contributed by atoms with Crippen molar-refractivity contribution in [1.82, 2.24) is 19.9 Å². The minimum atomic E-state index is -0.0300. The third kappa shape index (κ3) is 3.19. The first-order valence-corrected chi connectivity index (χ1v) is 7.75. The van der Waals surface area contributed by atoms with Crippen molar-refractivity contribution in [2.24, 2.45) is 0 Å². The normalized spacial score (nSPS) is 10.9. The molecule has 0 radical (unpaired) electrons. The molecule has 5 nitrogen and oxygen atoms in total. The standard InChI is InChI=1S/C17H15ClN4O/c1-3-4-15(23)17-21-9-13(10(2)22-17)11-5-12-8-20-16(18)6-14(12)19-7-11/h5-9H,3-4H2,1-2H3. The summed E-state index contributed by atoms with van der Waals surface area (Å²) in [6.07, 6.45) is 6.36. The number of aryl methyl sites for hydroxylation is 1.